The van der Waals surface area contributed by atoms with Gasteiger partial charge in [0, 0.05) is 11.8 Å². The lowest BCUT2D eigenvalue weighted by molar-refractivity contribution is 0.586. The fourth-order valence-electron chi connectivity index (χ4n) is 2.33. The number of aromatic nitrogens is 2. The minimum Gasteiger partial charge on any atom is -0.393 e. The van der Waals surface area contributed by atoms with Gasteiger partial charge in [-0.2, -0.15) is 0 Å². The van der Waals surface area contributed by atoms with Gasteiger partial charge in [0.2, 0.25) is 0 Å². The Hall–Kier alpha value is -3.22. The SMILES string of the molecule is Cc1cccc(Nc2ncnc(Nc3ccc(F)cc3F)c2N)c1C. The smallest absolute Gasteiger partial charge is 0.159 e. The Bertz CT molecular complexity index is 927. The molecule has 0 aliphatic heterocycles. The highest BCUT2D eigenvalue weighted by molar-refractivity contribution is 5.81. The number of hydrogen-bond acceptors (Lipinski definition) is 5. The van der Waals surface area contributed by atoms with Crippen molar-refractivity contribution < 1.29 is 8.78 Å². The van der Waals surface area contributed by atoms with E-state index in [0.29, 0.717) is 5.82 Å². The molecule has 5 nitrogen and oxygen atoms in total. The molecule has 0 unspecified atom stereocenters. The zero-order valence-corrected chi connectivity index (χ0v) is 13.8. The Morgan fingerprint density at radius 2 is 1.60 bits per heavy atom. The largest absolute Gasteiger partial charge is 0.393 e. The predicted octanol–water partition coefficient (Wildman–Crippen LogP) is 4.44. The summed E-state index contributed by atoms with van der Waals surface area (Å²) < 4.78 is 26.8. The molecule has 0 aliphatic rings. The fraction of sp³-hybridized carbons (Fsp3) is 0.111. The first kappa shape index (κ1) is 16.6. The van der Waals surface area contributed by atoms with Crippen molar-refractivity contribution in [3.8, 4) is 0 Å². The highest BCUT2D eigenvalue weighted by Gasteiger charge is 2.12. The van der Waals surface area contributed by atoms with Gasteiger partial charge < -0.3 is 16.4 Å². The van der Waals surface area contributed by atoms with Crippen molar-refractivity contribution in [3.63, 3.8) is 0 Å². The quantitative estimate of drug-likeness (QED) is 0.654. The number of benzene rings is 2. The first-order valence-corrected chi connectivity index (χ1v) is 7.61. The third kappa shape index (κ3) is 3.50. The van der Waals surface area contributed by atoms with Crippen molar-refractivity contribution in [1.82, 2.24) is 9.97 Å². The molecule has 0 fully saturated rings. The lowest BCUT2D eigenvalue weighted by Gasteiger charge is -2.15. The summed E-state index contributed by atoms with van der Waals surface area (Å²) in [5, 5.41) is 5.92. The van der Waals surface area contributed by atoms with Crippen LogP contribution in [0.15, 0.2) is 42.7 Å². The van der Waals surface area contributed by atoms with Crippen molar-refractivity contribution in [3.05, 3.63) is 65.5 Å². The van der Waals surface area contributed by atoms with Crippen LogP contribution < -0.4 is 16.4 Å². The zero-order chi connectivity index (χ0) is 18.0. The van der Waals surface area contributed by atoms with Gasteiger partial charge in [0.25, 0.3) is 0 Å². The molecule has 0 aliphatic carbocycles. The molecule has 0 amide bonds. The fourth-order valence-corrected chi connectivity index (χ4v) is 2.33. The minimum atomic E-state index is -0.734. The molecule has 4 N–H and O–H groups in total. The molecule has 0 saturated carbocycles. The molecule has 3 aromatic rings. The molecule has 0 radical (unpaired) electrons. The molecular weight excluding hydrogens is 324 g/mol. The van der Waals surface area contributed by atoms with Crippen LogP contribution >= 0.6 is 0 Å². The number of nitrogen functional groups attached to an aromatic ring is 1. The Morgan fingerprint density at radius 1 is 0.920 bits per heavy atom. The Labute approximate surface area is 143 Å². The Balaban J connectivity index is 1.91. The molecule has 3 rings (SSSR count). The second-order valence-corrected chi connectivity index (χ2v) is 5.61. The van der Waals surface area contributed by atoms with Crippen LogP contribution in [0.25, 0.3) is 0 Å². The van der Waals surface area contributed by atoms with Crippen molar-refractivity contribution in [2.24, 2.45) is 0 Å². The van der Waals surface area contributed by atoms with Gasteiger partial charge in [-0.15, -0.1) is 0 Å². The van der Waals surface area contributed by atoms with Gasteiger partial charge in [0.05, 0.1) is 5.69 Å². The van der Waals surface area contributed by atoms with E-state index in [1.807, 2.05) is 32.0 Å². The standard InChI is InChI=1S/C18H17F2N5/c1-10-4-3-5-14(11(10)2)24-17-16(21)18(23-9-22-17)25-15-7-6-12(19)8-13(15)20/h3-9H,21H2,1-2H3,(H2,22,23,24,25). The molecule has 0 spiro atoms. The van der Waals surface area contributed by atoms with E-state index in [1.165, 1.54) is 12.4 Å². The summed E-state index contributed by atoms with van der Waals surface area (Å²) in [6.45, 7) is 4.00. The van der Waals surface area contributed by atoms with Crippen molar-refractivity contribution in [2.75, 3.05) is 16.4 Å². The van der Waals surface area contributed by atoms with E-state index in [2.05, 4.69) is 20.6 Å². The number of hydrogen-bond donors (Lipinski definition) is 3. The molecule has 128 valence electrons. The number of aryl methyl sites for hydroxylation is 1. The number of nitrogens with zero attached hydrogens (tertiary/aromatic N) is 2. The van der Waals surface area contributed by atoms with Gasteiger partial charge in [-0.05, 0) is 43.2 Å². The molecular formula is C18H17F2N5. The van der Waals surface area contributed by atoms with Crippen LogP contribution in [0.2, 0.25) is 0 Å². The van der Waals surface area contributed by atoms with E-state index in [-0.39, 0.29) is 17.2 Å². The molecule has 2 aromatic carbocycles. The third-order valence-corrected chi connectivity index (χ3v) is 3.93. The Kier molecular flexibility index (Phi) is 4.47. The topological polar surface area (TPSA) is 75.9 Å². The van der Waals surface area contributed by atoms with Gasteiger partial charge in [-0.1, -0.05) is 12.1 Å². The van der Waals surface area contributed by atoms with Gasteiger partial charge in [-0.3, -0.25) is 0 Å². The number of nitrogens with two attached hydrogens (primary N) is 1. The van der Waals surface area contributed by atoms with Crippen LogP contribution in [0, 0.1) is 25.5 Å². The average Bonchev–Trinajstić information content (AvgIpc) is 2.57. The van der Waals surface area contributed by atoms with Crippen LogP contribution in [0.1, 0.15) is 11.1 Å². The maximum Gasteiger partial charge on any atom is 0.159 e. The number of rotatable bonds is 4. The maximum atomic E-state index is 13.8. The summed E-state index contributed by atoms with van der Waals surface area (Å²) in [6.07, 6.45) is 1.31. The van der Waals surface area contributed by atoms with Crippen LogP contribution in [0.4, 0.5) is 37.5 Å². The second-order valence-electron chi connectivity index (χ2n) is 5.61. The van der Waals surface area contributed by atoms with Crippen LogP contribution in [-0.4, -0.2) is 9.97 Å². The lowest BCUT2D eigenvalue weighted by Crippen LogP contribution is -2.06. The summed E-state index contributed by atoms with van der Waals surface area (Å²) in [5.74, 6) is -0.764. The number of anilines is 5. The van der Waals surface area contributed by atoms with Gasteiger partial charge in [-0.25, -0.2) is 18.7 Å². The van der Waals surface area contributed by atoms with Crippen molar-refractivity contribution in [1.29, 1.82) is 0 Å². The third-order valence-electron chi connectivity index (χ3n) is 3.93. The van der Waals surface area contributed by atoms with Crippen molar-refractivity contribution in [2.45, 2.75) is 13.8 Å². The predicted molar refractivity (Wildman–Crippen MR) is 95.3 cm³/mol. The van der Waals surface area contributed by atoms with E-state index >= 15 is 0 Å². The molecule has 7 heteroatoms. The van der Waals surface area contributed by atoms with E-state index in [9.17, 15) is 8.78 Å². The molecule has 0 atom stereocenters. The normalized spacial score (nSPS) is 10.6. The van der Waals surface area contributed by atoms with Gasteiger partial charge >= 0.3 is 0 Å². The van der Waals surface area contributed by atoms with E-state index in [0.717, 1.165) is 28.9 Å². The highest BCUT2D eigenvalue weighted by atomic mass is 19.1. The number of halogens is 2. The first-order chi connectivity index (χ1) is 12.0. The zero-order valence-electron chi connectivity index (χ0n) is 13.8. The molecule has 0 bridgehead atoms. The second kappa shape index (κ2) is 6.72. The van der Waals surface area contributed by atoms with Gasteiger partial charge in [0.1, 0.15) is 23.6 Å². The average molecular weight is 341 g/mol. The summed E-state index contributed by atoms with van der Waals surface area (Å²) in [5.41, 5.74) is 9.47. The minimum absolute atomic E-state index is 0.0736. The molecule has 0 saturated heterocycles. The first-order valence-electron chi connectivity index (χ1n) is 7.61. The van der Waals surface area contributed by atoms with E-state index < -0.39 is 11.6 Å². The molecule has 25 heavy (non-hydrogen) atoms. The Morgan fingerprint density at radius 3 is 2.28 bits per heavy atom. The van der Waals surface area contributed by atoms with E-state index in [1.54, 1.807) is 0 Å². The molecule has 1 aromatic heterocycles. The number of nitrogens with one attached hydrogen (secondary N) is 2. The summed E-state index contributed by atoms with van der Waals surface area (Å²) in [4.78, 5) is 8.17. The summed E-state index contributed by atoms with van der Waals surface area (Å²) >= 11 is 0. The highest BCUT2D eigenvalue weighted by Crippen LogP contribution is 2.30. The van der Waals surface area contributed by atoms with Crippen molar-refractivity contribution >= 4 is 28.7 Å². The molecule has 1 heterocycles. The van der Waals surface area contributed by atoms with Crippen LogP contribution in [0.3, 0.4) is 0 Å². The summed E-state index contributed by atoms with van der Waals surface area (Å²) in [7, 11) is 0. The maximum absolute atomic E-state index is 13.8. The lowest BCUT2D eigenvalue weighted by atomic mass is 10.1. The van der Waals surface area contributed by atoms with Crippen LogP contribution in [-0.2, 0) is 0 Å². The summed E-state index contributed by atoms with van der Waals surface area (Å²) in [6, 6.07) is 9.07. The van der Waals surface area contributed by atoms with E-state index in [4.69, 9.17) is 5.73 Å². The van der Waals surface area contributed by atoms with Gasteiger partial charge in [0.15, 0.2) is 11.6 Å². The van der Waals surface area contributed by atoms with Crippen LogP contribution in [0.5, 0.6) is 0 Å². The monoisotopic (exact) mass is 341 g/mol.